The van der Waals surface area contributed by atoms with Crippen LogP contribution < -0.4 is 15.4 Å². The van der Waals surface area contributed by atoms with Crippen LogP contribution in [0.25, 0.3) is 0 Å². The monoisotopic (exact) mass is 372 g/mol. The number of amides is 1. The molecule has 0 aliphatic heterocycles. The number of aromatic nitrogens is 1. The molecule has 1 aromatic heterocycles. The molecule has 1 heterocycles. The van der Waals surface area contributed by atoms with Crippen molar-refractivity contribution in [3.63, 3.8) is 0 Å². The number of benzene rings is 2. The maximum absolute atomic E-state index is 12.5. The van der Waals surface area contributed by atoms with E-state index in [-0.39, 0.29) is 5.91 Å². The topological polar surface area (TPSA) is 87.0 Å². The van der Waals surface area contributed by atoms with Crippen LogP contribution in [-0.4, -0.2) is 18.0 Å². The van der Waals surface area contributed by atoms with Crippen LogP contribution in [0.15, 0.2) is 66.9 Å². The second-order valence-corrected chi connectivity index (χ2v) is 6.10. The number of methoxy groups -OCH3 is 1. The van der Waals surface area contributed by atoms with Crippen molar-refractivity contribution in [3.8, 4) is 11.8 Å². The fourth-order valence-electron chi connectivity index (χ4n) is 2.71. The van der Waals surface area contributed by atoms with Gasteiger partial charge in [-0.1, -0.05) is 24.3 Å². The van der Waals surface area contributed by atoms with Crippen molar-refractivity contribution in [2.24, 2.45) is 0 Å². The number of carbonyl (C=O) groups excluding carboxylic acids is 1. The zero-order chi connectivity index (χ0) is 19.8. The second-order valence-electron chi connectivity index (χ2n) is 6.10. The average Bonchev–Trinajstić information content (AvgIpc) is 2.76. The lowest BCUT2D eigenvalue weighted by Gasteiger charge is -2.10. The molecule has 0 saturated heterocycles. The standard InChI is InChI=1S/C22H20N4O2/c1-28-20-9-3-6-17(12-20)15-26-22(27)18-7-2-5-16(11-18)14-25-21-19(13-23)8-4-10-24-21/h2-12H,14-15H2,1H3,(H,24,25)(H,26,27). The molecule has 3 aromatic rings. The van der Waals surface area contributed by atoms with Gasteiger partial charge in [0.1, 0.15) is 17.6 Å². The van der Waals surface area contributed by atoms with Crippen molar-refractivity contribution in [2.75, 3.05) is 12.4 Å². The third kappa shape index (κ3) is 4.86. The quantitative estimate of drug-likeness (QED) is 0.663. The highest BCUT2D eigenvalue weighted by atomic mass is 16.5. The van der Waals surface area contributed by atoms with E-state index in [9.17, 15) is 4.79 Å². The van der Waals surface area contributed by atoms with Crippen molar-refractivity contribution in [1.82, 2.24) is 10.3 Å². The predicted molar refractivity (Wildman–Crippen MR) is 107 cm³/mol. The van der Waals surface area contributed by atoms with Crippen LogP contribution in [0.1, 0.15) is 27.0 Å². The number of carbonyl (C=O) groups is 1. The molecular weight excluding hydrogens is 352 g/mol. The average molecular weight is 372 g/mol. The van der Waals surface area contributed by atoms with E-state index in [0.29, 0.717) is 30.0 Å². The smallest absolute Gasteiger partial charge is 0.251 e. The molecule has 2 aromatic carbocycles. The maximum Gasteiger partial charge on any atom is 0.251 e. The first-order chi connectivity index (χ1) is 13.7. The third-order valence-corrected chi connectivity index (χ3v) is 4.16. The molecule has 0 saturated carbocycles. The number of hydrogen-bond acceptors (Lipinski definition) is 5. The summed E-state index contributed by atoms with van der Waals surface area (Å²) in [5.41, 5.74) is 2.94. The second kappa shape index (κ2) is 9.19. The summed E-state index contributed by atoms with van der Waals surface area (Å²) in [7, 11) is 1.61. The highest BCUT2D eigenvalue weighted by Gasteiger charge is 2.08. The highest BCUT2D eigenvalue weighted by Crippen LogP contribution is 2.14. The normalized spacial score (nSPS) is 10.0. The van der Waals surface area contributed by atoms with Gasteiger partial charge < -0.3 is 15.4 Å². The number of pyridine rings is 1. The Hall–Kier alpha value is -3.85. The first-order valence-electron chi connectivity index (χ1n) is 8.78. The number of nitrogens with one attached hydrogen (secondary N) is 2. The van der Waals surface area contributed by atoms with E-state index in [4.69, 9.17) is 10.00 Å². The van der Waals surface area contributed by atoms with Crippen molar-refractivity contribution in [3.05, 3.63) is 89.1 Å². The van der Waals surface area contributed by atoms with E-state index in [0.717, 1.165) is 16.9 Å². The highest BCUT2D eigenvalue weighted by molar-refractivity contribution is 5.94. The predicted octanol–water partition coefficient (Wildman–Crippen LogP) is 3.50. The number of hydrogen-bond donors (Lipinski definition) is 2. The minimum absolute atomic E-state index is 0.153. The number of anilines is 1. The number of ether oxygens (including phenoxy) is 1. The fraction of sp³-hybridized carbons (Fsp3) is 0.136. The number of nitriles is 1. The van der Waals surface area contributed by atoms with Crippen molar-refractivity contribution in [2.45, 2.75) is 13.1 Å². The first-order valence-corrected chi connectivity index (χ1v) is 8.78. The Bertz CT molecular complexity index is 1010. The van der Waals surface area contributed by atoms with Gasteiger partial charge in [-0.25, -0.2) is 4.98 Å². The van der Waals surface area contributed by atoms with Crippen LogP contribution in [-0.2, 0) is 13.1 Å². The van der Waals surface area contributed by atoms with Crippen LogP contribution in [0, 0.1) is 11.3 Å². The van der Waals surface area contributed by atoms with Gasteiger partial charge in [-0.05, 0) is 47.5 Å². The molecule has 0 bridgehead atoms. The minimum Gasteiger partial charge on any atom is -0.497 e. The minimum atomic E-state index is -0.153. The van der Waals surface area contributed by atoms with Gasteiger partial charge in [0.05, 0.1) is 12.7 Å². The molecule has 28 heavy (non-hydrogen) atoms. The number of nitrogens with zero attached hydrogens (tertiary/aromatic N) is 2. The van der Waals surface area contributed by atoms with Crippen molar-refractivity contribution in [1.29, 1.82) is 5.26 Å². The molecule has 140 valence electrons. The molecule has 0 atom stereocenters. The maximum atomic E-state index is 12.5. The first kappa shape index (κ1) is 18.9. The Kier molecular flexibility index (Phi) is 6.21. The molecule has 0 unspecified atom stereocenters. The Labute approximate surface area is 163 Å². The summed E-state index contributed by atoms with van der Waals surface area (Å²) in [5, 5.41) is 15.2. The van der Waals surface area contributed by atoms with Gasteiger partial charge in [-0.3, -0.25) is 4.79 Å². The summed E-state index contributed by atoms with van der Waals surface area (Å²) in [5.74, 6) is 1.13. The molecule has 6 heteroatoms. The molecule has 1 amide bonds. The summed E-state index contributed by atoms with van der Waals surface area (Å²) in [6.45, 7) is 0.876. The van der Waals surface area contributed by atoms with E-state index < -0.39 is 0 Å². The molecule has 0 radical (unpaired) electrons. The van der Waals surface area contributed by atoms with Crippen LogP contribution in [0.4, 0.5) is 5.82 Å². The van der Waals surface area contributed by atoms with E-state index in [1.54, 1.807) is 31.5 Å². The molecule has 6 nitrogen and oxygen atoms in total. The zero-order valence-corrected chi connectivity index (χ0v) is 15.5. The van der Waals surface area contributed by atoms with Gasteiger partial charge >= 0.3 is 0 Å². The van der Waals surface area contributed by atoms with E-state index >= 15 is 0 Å². The Balaban J connectivity index is 1.62. The lowest BCUT2D eigenvalue weighted by molar-refractivity contribution is 0.0950. The molecule has 0 aliphatic rings. The lowest BCUT2D eigenvalue weighted by Crippen LogP contribution is -2.23. The Morgan fingerprint density at radius 3 is 2.64 bits per heavy atom. The van der Waals surface area contributed by atoms with Crippen molar-refractivity contribution < 1.29 is 9.53 Å². The number of rotatable bonds is 7. The van der Waals surface area contributed by atoms with E-state index in [2.05, 4.69) is 21.7 Å². The van der Waals surface area contributed by atoms with Gasteiger partial charge in [0, 0.05) is 24.8 Å². The van der Waals surface area contributed by atoms with Crippen LogP contribution in [0.5, 0.6) is 5.75 Å². The van der Waals surface area contributed by atoms with E-state index in [1.807, 2.05) is 42.5 Å². The van der Waals surface area contributed by atoms with Crippen LogP contribution >= 0.6 is 0 Å². The molecule has 0 fully saturated rings. The van der Waals surface area contributed by atoms with Crippen LogP contribution in [0.2, 0.25) is 0 Å². The van der Waals surface area contributed by atoms with Gasteiger partial charge in [0.15, 0.2) is 0 Å². The van der Waals surface area contributed by atoms with Gasteiger partial charge in [-0.2, -0.15) is 5.26 Å². The largest absolute Gasteiger partial charge is 0.497 e. The zero-order valence-electron chi connectivity index (χ0n) is 15.5. The summed E-state index contributed by atoms with van der Waals surface area (Å²) in [6, 6.07) is 20.4. The summed E-state index contributed by atoms with van der Waals surface area (Å²) in [4.78, 5) is 16.7. The molecule has 0 spiro atoms. The Morgan fingerprint density at radius 2 is 1.86 bits per heavy atom. The van der Waals surface area contributed by atoms with Gasteiger partial charge in [0.2, 0.25) is 0 Å². The molecule has 0 aliphatic carbocycles. The fourth-order valence-corrected chi connectivity index (χ4v) is 2.71. The summed E-state index contributed by atoms with van der Waals surface area (Å²) >= 11 is 0. The van der Waals surface area contributed by atoms with Gasteiger partial charge in [0.25, 0.3) is 5.91 Å². The SMILES string of the molecule is COc1cccc(CNC(=O)c2cccc(CNc3ncccc3C#N)c2)c1. The molecule has 3 rings (SSSR count). The summed E-state index contributed by atoms with van der Waals surface area (Å²) < 4.78 is 5.20. The molecule has 2 N–H and O–H groups in total. The Morgan fingerprint density at radius 1 is 1.07 bits per heavy atom. The molecular formula is C22H20N4O2. The summed E-state index contributed by atoms with van der Waals surface area (Å²) in [6.07, 6.45) is 1.63. The van der Waals surface area contributed by atoms with Crippen LogP contribution in [0.3, 0.4) is 0 Å². The third-order valence-electron chi connectivity index (χ3n) is 4.16. The van der Waals surface area contributed by atoms with Crippen molar-refractivity contribution >= 4 is 11.7 Å². The lowest BCUT2D eigenvalue weighted by atomic mass is 10.1. The van der Waals surface area contributed by atoms with Gasteiger partial charge in [-0.15, -0.1) is 0 Å². The van der Waals surface area contributed by atoms with E-state index in [1.165, 1.54) is 0 Å².